The van der Waals surface area contributed by atoms with Crippen molar-refractivity contribution in [1.82, 2.24) is 55.6 Å². The maximum absolute atomic E-state index is 15.7. The van der Waals surface area contributed by atoms with Crippen LogP contribution in [0.1, 0.15) is 95.7 Å². The number of likely N-dealkylation sites (N-methyl/N-ethyl adjacent to an activating group) is 1. The third kappa shape index (κ3) is 37.1. The van der Waals surface area contributed by atoms with Crippen molar-refractivity contribution in [2.45, 2.75) is 110 Å². The van der Waals surface area contributed by atoms with Gasteiger partial charge in [0.1, 0.15) is 37.6 Å². The number of aliphatic hydroxyl groups is 1. The van der Waals surface area contributed by atoms with Gasteiger partial charge in [-0.1, -0.05) is 60.4 Å². The van der Waals surface area contributed by atoms with Crippen LogP contribution in [0.4, 0.5) is 46.4 Å². The van der Waals surface area contributed by atoms with Crippen LogP contribution in [0.25, 0.3) is 10.2 Å². The summed E-state index contributed by atoms with van der Waals surface area (Å²) in [6.45, 7) is 11.7. The van der Waals surface area contributed by atoms with Crippen molar-refractivity contribution in [3.8, 4) is 17.6 Å². The van der Waals surface area contributed by atoms with Gasteiger partial charge >= 0.3 is 30.2 Å². The predicted octanol–water partition coefficient (Wildman–Crippen LogP) is 6.87. The number of nitrogens with two attached hydrogens (primary N) is 2. The number of benzene rings is 3. The molecule has 4 heterocycles. The SMILES string of the molecule is Cc1cc(N(CCCC(O)C[N+](C)(C)C)c2nc(C(=O)O)c(CCCOc3ccc(C#CCN(C)C(=O)OCc4ccc(NC(=O)C(CCCNC(N)=O)NC(=O)C(N)C(C)C)cc4CN(C)C(=O)OCc4cn(CCOCCOCCOCCOCCOCCOCCOCCOCCC(=O)O)nn4)cc3F)s2)nnc1Nc1nc2ccccc2s1. The fourth-order valence-electron chi connectivity index (χ4n) is 11.4. The summed E-state index contributed by atoms with van der Waals surface area (Å²) in [7, 11) is 8.94. The second kappa shape index (κ2) is 53.4. The number of hydrogen-bond acceptors (Lipinski definition) is 30. The molecule has 122 heavy (non-hydrogen) atoms. The summed E-state index contributed by atoms with van der Waals surface area (Å²) in [4.78, 5) is 103. The van der Waals surface area contributed by atoms with Crippen LogP contribution in [0.5, 0.6) is 5.75 Å². The van der Waals surface area contributed by atoms with Crippen LogP contribution in [0.3, 0.4) is 0 Å². The van der Waals surface area contributed by atoms with E-state index in [2.05, 4.69) is 63.6 Å². The number of halogens is 1. The number of fused-ring (bicyclic) bond motifs is 1. The van der Waals surface area contributed by atoms with Gasteiger partial charge in [0, 0.05) is 49.9 Å². The number of nitrogens with one attached hydrogen (secondary N) is 4. The fourth-order valence-corrected chi connectivity index (χ4v) is 13.4. The molecular weight excluding hydrogens is 1630 g/mol. The van der Waals surface area contributed by atoms with Crippen molar-refractivity contribution < 1.29 is 110 Å². The number of nitrogens with zero attached hydrogens (tertiary/aromatic N) is 11. The first-order valence-corrected chi connectivity index (χ1v) is 41.6. The molecule has 0 saturated carbocycles. The summed E-state index contributed by atoms with van der Waals surface area (Å²) in [5, 5.41) is 59.5. The third-order valence-corrected chi connectivity index (χ3v) is 19.9. The Morgan fingerprint density at radius 1 is 0.697 bits per heavy atom. The van der Waals surface area contributed by atoms with E-state index < -0.39 is 66.0 Å². The predicted molar refractivity (Wildman–Crippen MR) is 451 cm³/mol. The summed E-state index contributed by atoms with van der Waals surface area (Å²) in [6, 6.07) is 15.7. The quantitative estimate of drug-likeness (QED) is 0.0107. The van der Waals surface area contributed by atoms with E-state index in [1.165, 1.54) is 63.4 Å². The molecule has 7 rings (SSSR count). The number of aromatic carboxylic acids is 1. The molecule has 0 radical (unpaired) electrons. The Kier molecular flexibility index (Phi) is 43.2. The molecule has 0 aliphatic heterocycles. The van der Waals surface area contributed by atoms with Crippen molar-refractivity contribution >= 4 is 102 Å². The number of carboxylic acids is 2. The second-order valence-electron chi connectivity index (χ2n) is 29.3. The van der Waals surface area contributed by atoms with Crippen molar-refractivity contribution in [2.24, 2.45) is 17.4 Å². The van der Waals surface area contributed by atoms with Crippen LogP contribution >= 0.6 is 22.7 Å². The largest absolute Gasteiger partial charge is 0.491 e. The second-order valence-corrected chi connectivity index (χ2v) is 31.4. The molecule has 11 N–H and O–H groups in total. The maximum Gasteiger partial charge on any atom is 0.410 e. The van der Waals surface area contributed by atoms with Crippen LogP contribution in [-0.2, 0) is 94.5 Å². The van der Waals surface area contributed by atoms with E-state index in [0.29, 0.717) is 179 Å². The van der Waals surface area contributed by atoms with E-state index >= 15 is 4.39 Å². The molecular formula is C81H115FN17O21S2+. The molecule has 0 fully saturated rings. The highest BCUT2D eigenvalue weighted by Crippen LogP contribution is 2.35. The van der Waals surface area contributed by atoms with Crippen molar-refractivity contribution in [2.75, 3.05) is 189 Å². The van der Waals surface area contributed by atoms with Crippen LogP contribution < -0.4 is 42.4 Å². The van der Waals surface area contributed by atoms with Gasteiger partial charge in [0.2, 0.25) is 11.8 Å². The van der Waals surface area contributed by atoms with Crippen LogP contribution in [0.2, 0.25) is 0 Å². The number of carbonyl (C=O) groups is 7. The monoisotopic (exact) mass is 1740 g/mol. The summed E-state index contributed by atoms with van der Waals surface area (Å²) < 4.78 is 79.8. The zero-order chi connectivity index (χ0) is 88.2. The van der Waals surface area contributed by atoms with E-state index in [1.807, 2.05) is 63.3 Å². The summed E-state index contributed by atoms with van der Waals surface area (Å²) >= 11 is 2.67. The molecule has 0 aliphatic rings. The average molecular weight is 1750 g/mol. The van der Waals surface area contributed by atoms with Crippen LogP contribution in [0, 0.1) is 30.5 Å². The summed E-state index contributed by atoms with van der Waals surface area (Å²) in [5.41, 5.74) is 14.6. The molecule has 0 spiro atoms. The van der Waals surface area contributed by atoms with Gasteiger partial charge in [-0.2, -0.15) is 0 Å². The molecule has 0 bridgehead atoms. The van der Waals surface area contributed by atoms with E-state index in [1.54, 1.807) is 44.3 Å². The number of para-hydroxylation sites is 1. The first-order valence-electron chi connectivity index (χ1n) is 40.0. The van der Waals surface area contributed by atoms with E-state index in [4.69, 9.17) is 68.7 Å². The number of aliphatic carboxylic acids is 1. The number of quaternary nitrogens is 1. The van der Waals surface area contributed by atoms with Crippen molar-refractivity contribution in [3.63, 3.8) is 0 Å². The molecule has 4 aromatic heterocycles. The number of aromatic nitrogens is 7. The summed E-state index contributed by atoms with van der Waals surface area (Å²) in [5.74, 6) is 2.33. The number of anilines is 5. The standard InChI is InChI=1S/C81H114FN17O21S2/c1-55(2)71(83)75(104)87-65(18-11-26-85-77(84)107)74(103)86-60-23-22-58(59(49-60)50-96(5)81(109)120-54-61-51-97(94-91-61)29-32-111-34-36-113-38-40-115-42-44-117-46-45-116-43-41-114-39-37-112-35-33-110-31-25-70(101)102)53-119-80(108)95(4)27-12-15-57-21-24-66(63(82)48-57)118-30-14-20-68-72(76(105)106)89-79(122-68)98(28-13-16-62(100)52-99(6,7)8)69-47-56(3)73(93-92-69)90-78-88-64-17-9-10-19-67(64)121-78/h9-10,17,19,21-24,47-49,51,55,62,65,71,100H,11,13-14,16,18,20,25-46,50,52-54,83H2,1-8H3,(H7-,84,85,86,87,88,90,93,101,102,103,104,105,106,107)/p+1. The summed E-state index contributed by atoms with van der Waals surface area (Å²) in [6.07, 6.45) is 1.31. The Morgan fingerprint density at radius 2 is 1.34 bits per heavy atom. The number of hydrogen-bond donors (Lipinski definition) is 9. The lowest BCUT2D eigenvalue weighted by Crippen LogP contribution is -2.51. The van der Waals surface area contributed by atoms with Crippen molar-refractivity contribution in [3.05, 3.63) is 117 Å². The molecule has 7 aromatic rings. The number of carboxylic acid groups (broad SMARTS) is 2. The molecule has 41 heteroatoms. The van der Waals surface area contributed by atoms with Crippen LogP contribution in [0.15, 0.2) is 72.9 Å². The Hall–Kier alpha value is -10.5. The Labute approximate surface area is 716 Å². The molecule has 668 valence electrons. The molecule has 38 nitrogen and oxygen atoms in total. The maximum atomic E-state index is 15.7. The van der Waals surface area contributed by atoms with Gasteiger partial charge < -0.3 is 119 Å². The number of amides is 6. The highest BCUT2D eigenvalue weighted by Gasteiger charge is 2.28. The number of ether oxygens (including phenoxy) is 11. The lowest BCUT2D eigenvalue weighted by atomic mass is 10.0. The molecule has 3 aromatic carbocycles. The highest BCUT2D eigenvalue weighted by atomic mass is 32.1. The number of rotatable bonds is 59. The van der Waals surface area contributed by atoms with Crippen LogP contribution in [-0.4, -0.2) is 299 Å². The lowest BCUT2D eigenvalue weighted by molar-refractivity contribution is -0.873. The minimum Gasteiger partial charge on any atom is -0.491 e. The van der Waals surface area contributed by atoms with E-state index in [9.17, 15) is 43.8 Å². The smallest absolute Gasteiger partial charge is 0.410 e. The number of aliphatic hydroxyl groups excluding tert-OH is 1. The molecule has 0 saturated heterocycles. The van der Waals surface area contributed by atoms with Gasteiger partial charge in [-0.15, -0.1) is 26.6 Å². The minimum absolute atomic E-state index is 0.0202. The van der Waals surface area contributed by atoms with Gasteiger partial charge in [0.25, 0.3) is 0 Å². The topological polar surface area (TPSA) is 474 Å². The molecule has 0 aliphatic carbocycles. The van der Waals surface area contributed by atoms with Gasteiger partial charge in [0.05, 0.1) is 175 Å². The first kappa shape index (κ1) is 98.7. The molecule has 3 atom stereocenters. The third-order valence-electron chi connectivity index (χ3n) is 17.8. The number of primary amides is 1. The molecule has 3 unspecified atom stereocenters. The number of urea groups is 1. The zero-order valence-electron chi connectivity index (χ0n) is 70.3. The van der Waals surface area contributed by atoms with Gasteiger partial charge in [-0.05, 0) is 117 Å². The number of carbonyl (C=O) groups excluding carboxylic acids is 5. The first-order chi connectivity index (χ1) is 58.6. The normalized spacial score (nSPS) is 12.1. The fraction of sp³-hybridized carbons (Fsp3) is 0.543. The number of thiazole rings is 2. The molecule has 6 amide bonds. The van der Waals surface area contributed by atoms with E-state index in [-0.39, 0.29) is 107 Å². The minimum atomic E-state index is -1.22. The van der Waals surface area contributed by atoms with Crippen molar-refractivity contribution in [1.29, 1.82) is 0 Å². The van der Waals surface area contributed by atoms with Gasteiger partial charge in [-0.25, -0.2) is 38.2 Å². The lowest BCUT2D eigenvalue weighted by Gasteiger charge is -2.27. The Bertz CT molecular complexity index is 4450. The zero-order valence-corrected chi connectivity index (χ0v) is 72.0. The Balaban J connectivity index is 0.866. The van der Waals surface area contributed by atoms with Gasteiger partial charge in [-0.3, -0.25) is 14.4 Å². The Morgan fingerprint density at radius 3 is 1.95 bits per heavy atom. The van der Waals surface area contributed by atoms with E-state index in [0.717, 1.165) is 15.8 Å². The van der Waals surface area contributed by atoms with Gasteiger partial charge in [0.15, 0.2) is 39.2 Å². The number of aryl methyl sites for hydroxylation is 2. The highest BCUT2D eigenvalue weighted by molar-refractivity contribution is 7.22. The average Bonchev–Trinajstić information content (AvgIpc) is 1.63.